The predicted octanol–water partition coefficient (Wildman–Crippen LogP) is -0.0766. The maximum atomic E-state index is 12.2. The molecule has 7 heteroatoms. The van der Waals surface area contributed by atoms with Gasteiger partial charge in [0.1, 0.15) is 6.04 Å². The van der Waals surface area contributed by atoms with Crippen LogP contribution in [0, 0.1) is 5.92 Å². The molecule has 2 N–H and O–H groups in total. The van der Waals surface area contributed by atoms with Gasteiger partial charge in [-0.25, -0.2) is 10.2 Å². The van der Waals surface area contributed by atoms with Crippen molar-refractivity contribution in [3.8, 4) is 0 Å². The Bertz CT molecular complexity index is 382. The molecule has 2 atom stereocenters. The zero-order chi connectivity index (χ0) is 13.7. The number of rotatable bonds is 2. The topological polar surface area (TPSA) is 67.9 Å². The Morgan fingerprint density at radius 2 is 2.11 bits per heavy atom. The standard InChI is InChI=1S/C11H21N5O2/c1-7(2)6-12-10(18)15-9(17)8-11(3,4)13-16(15)14(8)5/h7-8,13H,6H2,1-5H3,(H,12,18). The number of amides is 3. The highest BCUT2D eigenvalue weighted by atomic mass is 16.2. The predicted molar refractivity (Wildman–Crippen MR) is 65.7 cm³/mol. The van der Waals surface area contributed by atoms with Gasteiger partial charge >= 0.3 is 6.03 Å². The molecule has 0 aromatic carbocycles. The molecule has 0 spiro atoms. The summed E-state index contributed by atoms with van der Waals surface area (Å²) in [4.78, 5) is 24.2. The molecule has 2 heterocycles. The van der Waals surface area contributed by atoms with Gasteiger partial charge < -0.3 is 5.32 Å². The minimum absolute atomic E-state index is 0.192. The van der Waals surface area contributed by atoms with Gasteiger partial charge in [-0.05, 0) is 19.8 Å². The second kappa shape index (κ2) is 4.18. The van der Waals surface area contributed by atoms with Crippen LogP contribution in [0.3, 0.4) is 0 Å². The number of carbonyl (C=O) groups is 2. The second-order valence-electron chi connectivity index (χ2n) is 5.83. The molecule has 3 amide bonds. The summed E-state index contributed by atoms with van der Waals surface area (Å²) < 4.78 is 0. The number of hydrogen-bond acceptors (Lipinski definition) is 5. The number of hydrogen-bond donors (Lipinski definition) is 2. The highest BCUT2D eigenvalue weighted by Crippen LogP contribution is 2.33. The zero-order valence-corrected chi connectivity index (χ0v) is 11.5. The van der Waals surface area contributed by atoms with Gasteiger partial charge in [-0.15, -0.1) is 0 Å². The Labute approximate surface area is 107 Å². The average Bonchev–Trinajstić information content (AvgIpc) is 2.59. The van der Waals surface area contributed by atoms with Crippen LogP contribution in [0.2, 0.25) is 0 Å². The fourth-order valence-electron chi connectivity index (χ4n) is 2.40. The number of hydrazine groups is 3. The summed E-state index contributed by atoms with van der Waals surface area (Å²) >= 11 is 0. The molecule has 0 aromatic rings. The van der Waals surface area contributed by atoms with E-state index in [2.05, 4.69) is 10.7 Å². The van der Waals surface area contributed by atoms with Gasteiger partial charge in [0.25, 0.3) is 5.91 Å². The molecule has 2 saturated heterocycles. The number of nitrogens with zero attached hydrogens (tertiary/aromatic N) is 3. The van der Waals surface area contributed by atoms with Gasteiger partial charge in [-0.1, -0.05) is 19.1 Å². The Morgan fingerprint density at radius 1 is 1.50 bits per heavy atom. The summed E-state index contributed by atoms with van der Waals surface area (Å²) in [5, 5.41) is 7.10. The SMILES string of the molecule is CC(C)CNC(=O)N1C(=O)C2N(C)N1NC2(C)C. The minimum atomic E-state index is -0.383. The molecule has 7 nitrogen and oxygen atoms in total. The number of nitrogens with one attached hydrogen (secondary N) is 2. The van der Waals surface area contributed by atoms with Crippen LogP contribution < -0.4 is 10.7 Å². The van der Waals surface area contributed by atoms with Crippen LogP contribution in [0.4, 0.5) is 4.79 Å². The van der Waals surface area contributed by atoms with Crippen molar-refractivity contribution in [2.45, 2.75) is 39.3 Å². The number of likely N-dealkylation sites (N-methyl/N-ethyl adjacent to an activating group) is 1. The lowest BCUT2D eigenvalue weighted by Crippen LogP contribution is -2.64. The van der Waals surface area contributed by atoms with Crippen molar-refractivity contribution in [1.29, 1.82) is 0 Å². The minimum Gasteiger partial charge on any atom is -0.336 e. The summed E-state index contributed by atoms with van der Waals surface area (Å²) in [5.41, 5.74) is 2.77. The van der Waals surface area contributed by atoms with E-state index in [9.17, 15) is 9.59 Å². The second-order valence-corrected chi connectivity index (χ2v) is 5.83. The molecular formula is C11H21N5O2. The van der Waals surface area contributed by atoms with Crippen LogP contribution in [-0.4, -0.2) is 52.4 Å². The molecule has 0 aromatic heterocycles. The van der Waals surface area contributed by atoms with E-state index in [1.807, 2.05) is 27.7 Å². The fraction of sp³-hybridized carbons (Fsp3) is 0.818. The van der Waals surface area contributed by atoms with E-state index in [1.54, 1.807) is 12.1 Å². The summed E-state index contributed by atoms with van der Waals surface area (Å²) in [7, 11) is 1.79. The zero-order valence-electron chi connectivity index (χ0n) is 11.5. The normalized spacial score (nSPS) is 30.3. The van der Waals surface area contributed by atoms with E-state index in [0.29, 0.717) is 12.5 Å². The highest BCUT2D eigenvalue weighted by Gasteiger charge is 2.60. The lowest BCUT2D eigenvalue weighted by atomic mass is 9.95. The molecule has 2 aliphatic rings. The van der Waals surface area contributed by atoms with Gasteiger partial charge in [-0.2, -0.15) is 10.0 Å². The monoisotopic (exact) mass is 255 g/mol. The molecule has 18 heavy (non-hydrogen) atoms. The highest BCUT2D eigenvalue weighted by molar-refractivity contribution is 5.99. The number of fused-ring (bicyclic) bond motifs is 2. The van der Waals surface area contributed by atoms with E-state index in [1.165, 1.54) is 5.23 Å². The summed E-state index contributed by atoms with van der Waals surface area (Å²) in [5.74, 6) is 0.156. The first kappa shape index (κ1) is 13.3. The van der Waals surface area contributed by atoms with E-state index in [4.69, 9.17) is 0 Å². The Balaban J connectivity index is 2.10. The van der Waals surface area contributed by atoms with E-state index in [0.717, 1.165) is 5.01 Å². The number of carbonyl (C=O) groups excluding carboxylic acids is 2. The van der Waals surface area contributed by atoms with Crippen LogP contribution in [0.1, 0.15) is 27.7 Å². The van der Waals surface area contributed by atoms with E-state index in [-0.39, 0.29) is 23.5 Å². The first-order chi connectivity index (χ1) is 8.25. The molecule has 2 aliphatic heterocycles. The third kappa shape index (κ3) is 1.88. The first-order valence-electron chi connectivity index (χ1n) is 6.18. The third-order valence-electron chi connectivity index (χ3n) is 3.23. The molecule has 0 saturated carbocycles. The van der Waals surface area contributed by atoms with Crippen molar-refractivity contribution in [2.75, 3.05) is 13.6 Å². The lowest BCUT2D eigenvalue weighted by molar-refractivity contribution is -0.152. The fourth-order valence-corrected chi connectivity index (χ4v) is 2.40. The quantitative estimate of drug-likeness (QED) is 0.722. The van der Waals surface area contributed by atoms with Crippen molar-refractivity contribution in [2.24, 2.45) is 5.92 Å². The van der Waals surface area contributed by atoms with Gasteiger partial charge in [-0.3, -0.25) is 4.79 Å². The van der Waals surface area contributed by atoms with Crippen molar-refractivity contribution < 1.29 is 9.59 Å². The van der Waals surface area contributed by atoms with Crippen molar-refractivity contribution in [1.82, 2.24) is 26.0 Å². The molecule has 102 valence electrons. The molecule has 0 aliphatic carbocycles. The Kier molecular flexibility index (Phi) is 3.08. The van der Waals surface area contributed by atoms with Gasteiger partial charge in [0.2, 0.25) is 0 Å². The van der Waals surface area contributed by atoms with Crippen LogP contribution in [-0.2, 0) is 4.79 Å². The molecule has 2 rings (SSSR count). The van der Waals surface area contributed by atoms with Crippen LogP contribution >= 0.6 is 0 Å². The Morgan fingerprint density at radius 3 is 2.56 bits per heavy atom. The number of urea groups is 1. The third-order valence-corrected chi connectivity index (χ3v) is 3.23. The maximum Gasteiger partial charge on any atom is 0.341 e. The van der Waals surface area contributed by atoms with E-state index >= 15 is 0 Å². The summed E-state index contributed by atoms with van der Waals surface area (Å²) in [6, 6.07) is -0.728. The summed E-state index contributed by atoms with van der Waals surface area (Å²) in [6.07, 6.45) is 0. The van der Waals surface area contributed by atoms with Crippen molar-refractivity contribution in [3.63, 3.8) is 0 Å². The van der Waals surface area contributed by atoms with Gasteiger partial charge in [0, 0.05) is 13.6 Å². The molecular weight excluding hydrogens is 234 g/mol. The molecule has 0 radical (unpaired) electrons. The lowest BCUT2D eigenvalue weighted by Gasteiger charge is -2.34. The number of imide groups is 1. The molecule has 2 fully saturated rings. The maximum absolute atomic E-state index is 12.2. The van der Waals surface area contributed by atoms with E-state index < -0.39 is 0 Å². The van der Waals surface area contributed by atoms with Crippen LogP contribution in [0.25, 0.3) is 0 Å². The van der Waals surface area contributed by atoms with Crippen LogP contribution in [0.15, 0.2) is 0 Å². The molecule has 2 bridgehead atoms. The Hall–Kier alpha value is -1.18. The van der Waals surface area contributed by atoms with Crippen LogP contribution in [0.5, 0.6) is 0 Å². The smallest absolute Gasteiger partial charge is 0.336 e. The summed E-state index contributed by atoms with van der Waals surface area (Å²) in [6.45, 7) is 8.44. The largest absolute Gasteiger partial charge is 0.341 e. The van der Waals surface area contributed by atoms with Crippen molar-refractivity contribution >= 4 is 11.9 Å². The average molecular weight is 255 g/mol. The van der Waals surface area contributed by atoms with Gasteiger partial charge in [0.05, 0.1) is 5.54 Å². The molecule has 2 unspecified atom stereocenters. The first-order valence-corrected chi connectivity index (χ1v) is 6.18. The van der Waals surface area contributed by atoms with Crippen molar-refractivity contribution in [3.05, 3.63) is 0 Å². The van der Waals surface area contributed by atoms with Gasteiger partial charge in [0.15, 0.2) is 0 Å².